The summed E-state index contributed by atoms with van der Waals surface area (Å²) in [5.41, 5.74) is 10.0. The molecule has 0 atom stereocenters. The molecule has 13 heteroatoms. The molecule has 0 bridgehead atoms. The third kappa shape index (κ3) is 4.17. The van der Waals surface area contributed by atoms with Crippen molar-refractivity contribution in [1.82, 2.24) is 19.6 Å². The van der Waals surface area contributed by atoms with E-state index in [1.807, 2.05) is 0 Å². The predicted octanol–water partition coefficient (Wildman–Crippen LogP) is 1.42. The van der Waals surface area contributed by atoms with Gasteiger partial charge in [0.1, 0.15) is 16.9 Å². The van der Waals surface area contributed by atoms with Crippen LogP contribution in [0.5, 0.6) is 0 Å². The average molecular weight is 585 g/mol. The fraction of sp³-hybridized carbons (Fsp3) is 0.724. The zero-order chi connectivity index (χ0) is 30.3. The Hall–Kier alpha value is -3.64. The Bertz CT molecular complexity index is 1280. The molecule has 4 aliphatic carbocycles. The standard InChI is InChI=1S/C29H40N6O7/c1-15-7-16(8-15)11-33-22(36)20(21(30)31)23(37)35(27(33)42)19-3-5-28(6-4-19)13-29(14-28)25(40)32(2)26(41)34(29)12-17-9-18(10-17)24(38)39/h15-19H,3-14,30-31H2,1-2H3,(H,38,39). The number of amides is 7. The van der Waals surface area contributed by atoms with Crippen molar-refractivity contribution in [2.45, 2.75) is 82.7 Å². The van der Waals surface area contributed by atoms with Crippen molar-refractivity contribution in [3.05, 3.63) is 11.4 Å². The molecule has 0 aromatic carbocycles. The third-order valence-corrected chi connectivity index (χ3v) is 11.0. The van der Waals surface area contributed by atoms with Gasteiger partial charge < -0.3 is 21.5 Å². The molecule has 2 spiro atoms. The van der Waals surface area contributed by atoms with Crippen LogP contribution < -0.4 is 11.5 Å². The molecular formula is C29H40N6O7. The minimum atomic E-state index is -0.920. The van der Waals surface area contributed by atoms with E-state index in [1.54, 1.807) is 4.90 Å². The van der Waals surface area contributed by atoms with Gasteiger partial charge in [0, 0.05) is 26.2 Å². The first kappa shape index (κ1) is 28.5. The lowest BCUT2D eigenvalue weighted by Crippen LogP contribution is -2.66. The van der Waals surface area contributed by atoms with Crippen LogP contribution >= 0.6 is 0 Å². The number of carbonyl (C=O) groups is 6. The van der Waals surface area contributed by atoms with Crippen molar-refractivity contribution < 1.29 is 33.9 Å². The zero-order valence-corrected chi connectivity index (χ0v) is 24.2. The van der Waals surface area contributed by atoms with Crippen molar-refractivity contribution in [2.24, 2.45) is 40.6 Å². The van der Waals surface area contributed by atoms with Gasteiger partial charge >= 0.3 is 18.0 Å². The van der Waals surface area contributed by atoms with E-state index in [2.05, 4.69) is 6.92 Å². The fourth-order valence-corrected chi connectivity index (χ4v) is 8.69. The Morgan fingerprint density at radius 3 is 2.05 bits per heavy atom. The number of aliphatic carboxylic acids is 1. The summed E-state index contributed by atoms with van der Waals surface area (Å²) in [6.45, 7) is 2.72. The molecule has 6 fully saturated rings. The summed E-state index contributed by atoms with van der Waals surface area (Å²) in [6, 6.07) is -1.39. The van der Waals surface area contributed by atoms with Gasteiger partial charge in [-0.3, -0.25) is 33.9 Å². The summed E-state index contributed by atoms with van der Waals surface area (Å²) < 4.78 is 0. The number of nitrogens with zero attached hydrogens (tertiary/aromatic N) is 4. The zero-order valence-electron chi connectivity index (χ0n) is 24.2. The number of carboxylic acids is 1. The number of hydrogen-bond acceptors (Lipinski definition) is 8. The molecule has 6 aliphatic rings. The summed E-state index contributed by atoms with van der Waals surface area (Å²) >= 11 is 0. The highest BCUT2D eigenvalue weighted by atomic mass is 16.4. The Morgan fingerprint density at radius 2 is 1.50 bits per heavy atom. The first-order valence-electron chi connectivity index (χ1n) is 15.0. The molecule has 2 saturated heterocycles. The first-order chi connectivity index (χ1) is 19.8. The van der Waals surface area contributed by atoms with E-state index in [9.17, 15) is 33.9 Å². The van der Waals surface area contributed by atoms with E-state index < -0.39 is 47.1 Å². The monoisotopic (exact) mass is 584 g/mol. The van der Waals surface area contributed by atoms with Crippen molar-refractivity contribution in [2.75, 3.05) is 20.1 Å². The highest BCUT2D eigenvalue weighted by Gasteiger charge is 2.68. The van der Waals surface area contributed by atoms with Gasteiger partial charge in [-0.25, -0.2) is 9.59 Å². The Morgan fingerprint density at radius 1 is 0.905 bits per heavy atom. The SMILES string of the molecule is CC1CC(CN2C(=O)C(=C(N)N)C(=O)N(C3CCC4(CC3)CC3(C4)C(=O)N(C)C(=O)N3CC3CC(C(=O)O)C3)C2=O)C1. The van der Waals surface area contributed by atoms with E-state index in [0.29, 0.717) is 63.8 Å². The molecule has 42 heavy (non-hydrogen) atoms. The minimum Gasteiger partial charge on any atom is -0.481 e. The van der Waals surface area contributed by atoms with Crippen LogP contribution in [0.25, 0.3) is 0 Å². The fourth-order valence-electron chi connectivity index (χ4n) is 8.69. The Balaban J connectivity index is 1.14. The van der Waals surface area contributed by atoms with Gasteiger partial charge in [-0.1, -0.05) is 6.92 Å². The summed E-state index contributed by atoms with van der Waals surface area (Å²) in [6.07, 6.45) is 6.16. The lowest BCUT2D eigenvalue weighted by atomic mass is 9.51. The normalized spacial score (nSPS) is 38.3. The number of likely N-dealkylation sites (N-methyl/N-ethyl adjacent to an activating group) is 1. The molecule has 0 unspecified atom stereocenters. The smallest absolute Gasteiger partial charge is 0.334 e. The van der Waals surface area contributed by atoms with E-state index in [4.69, 9.17) is 11.5 Å². The molecule has 0 radical (unpaired) electrons. The number of nitrogens with two attached hydrogens (primary N) is 2. The molecule has 2 aliphatic heterocycles. The van der Waals surface area contributed by atoms with Gasteiger partial charge in [0.2, 0.25) is 0 Å². The number of carbonyl (C=O) groups excluding carboxylic acids is 5. The summed E-state index contributed by atoms with van der Waals surface area (Å²) in [5.74, 6) is -2.54. The van der Waals surface area contributed by atoms with E-state index >= 15 is 0 Å². The molecule has 2 heterocycles. The Kier molecular flexibility index (Phi) is 6.58. The molecule has 4 saturated carbocycles. The number of hydrogen-bond donors (Lipinski definition) is 3. The van der Waals surface area contributed by atoms with Gasteiger partial charge in [-0.15, -0.1) is 0 Å². The molecule has 13 nitrogen and oxygen atoms in total. The van der Waals surface area contributed by atoms with Crippen LogP contribution in [0.4, 0.5) is 9.59 Å². The number of carboxylic acid groups (broad SMARTS) is 1. The van der Waals surface area contributed by atoms with Gasteiger partial charge in [0.15, 0.2) is 0 Å². The second-order valence-corrected chi connectivity index (χ2v) is 13.9. The van der Waals surface area contributed by atoms with Crippen molar-refractivity contribution in [3.63, 3.8) is 0 Å². The topological polar surface area (TPSA) is 188 Å². The van der Waals surface area contributed by atoms with Crippen LogP contribution in [0, 0.1) is 29.1 Å². The molecule has 6 rings (SSSR count). The summed E-state index contributed by atoms with van der Waals surface area (Å²) in [4.78, 5) is 82.8. The first-order valence-corrected chi connectivity index (χ1v) is 15.0. The average Bonchev–Trinajstić information content (AvgIpc) is 3.03. The second kappa shape index (κ2) is 9.70. The second-order valence-electron chi connectivity index (χ2n) is 13.9. The van der Waals surface area contributed by atoms with Gasteiger partial charge in [0.25, 0.3) is 17.7 Å². The summed E-state index contributed by atoms with van der Waals surface area (Å²) in [7, 11) is 1.49. The minimum absolute atomic E-state index is 0.0562. The molecule has 0 aromatic rings. The molecule has 0 aromatic heterocycles. The quantitative estimate of drug-likeness (QED) is 0.236. The number of rotatable bonds is 6. The molecule has 5 N–H and O–H groups in total. The summed E-state index contributed by atoms with van der Waals surface area (Å²) in [5, 5.41) is 9.23. The van der Waals surface area contributed by atoms with Crippen molar-refractivity contribution in [1.29, 1.82) is 0 Å². The van der Waals surface area contributed by atoms with Gasteiger partial charge in [-0.05, 0) is 87.4 Å². The molecule has 7 amide bonds. The maximum absolute atomic E-state index is 13.6. The highest BCUT2D eigenvalue weighted by molar-refractivity contribution is 6.29. The number of imide groups is 3. The third-order valence-electron chi connectivity index (χ3n) is 11.0. The van der Waals surface area contributed by atoms with Crippen LogP contribution in [0.1, 0.15) is 71.1 Å². The van der Waals surface area contributed by atoms with Gasteiger partial charge in [0.05, 0.1) is 5.92 Å². The predicted molar refractivity (Wildman–Crippen MR) is 147 cm³/mol. The Labute approximate surface area is 244 Å². The van der Waals surface area contributed by atoms with Crippen molar-refractivity contribution >= 4 is 35.8 Å². The van der Waals surface area contributed by atoms with Crippen LogP contribution in [0.2, 0.25) is 0 Å². The van der Waals surface area contributed by atoms with E-state index in [1.165, 1.54) is 16.8 Å². The van der Waals surface area contributed by atoms with E-state index in [-0.39, 0.29) is 41.3 Å². The van der Waals surface area contributed by atoms with Crippen LogP contribution in [-0.4, -0.2) is 92.2 Å². The largest absolute Gasteiger partial charge is 0.481 e. The number of barbiturate groups is 1. The lowest BCUT2D eigenvalue weighted by molar-refractivity contribution is -0.154. The molecule has 228 valence electrons. The maximum atomic E-state index is 13.6. The van der Waals surface area contributed by atoms with Crippen molar-refractivity contribution in [3.8, 4) is 0 Å². The lowest BCUT2D eigenvalue weighted by Gasteiger charge is -2.59. The van der Waals surface area contributed by atoms with Crippen LogP contribution in [-0.2, 0) is 19.2 Å². The molecular weight excluding hydrogens is 544 g/mol. The van der Waals surface area contributed by atoms with Crippen LogP contribution in [0.15, 0.2) is 11.4 Å². The van der Waals surface area contributed by atoms with Gasteiger partial charge in [-0.2, -0.15) is 0 Å². The highest BCUT2D eigenvalue weighted by Crippen LogP contribution is 2.61. The maximum Gasteiger partial charge on any atom is 0.334 e. The van der Waals surface area contributed by atoms with E-state index in [0.717, 1.165) is 17.7 Å². The number of urea groups is 2. The van der Waals surface area contributed by atoms with Crippen LogP contribution in [0.3, 0.4) is 0 Å².